The summed E-state index contributed by atoms with van der Waals surface area (Å²) in [7, 11) is 0. The summed E-state index contributed by atoms with van der Waals surface area (Å²) in [6.45, 7) is 5.55. The van der Waals surface area contributed by atoms with Gasteiger partial charge in [0.25, 0.3) is 0 Å². The fourth-order valence-electron chi connectivity index (χ4n) is 4.27. The molecular formula is C26H32N2O5. The molecule has 2 aromatic carbocycles. The van der Waals surface area contributed by atoms with E-state index in [0.717, 1.165) is 28.7 Å². The molecule has 3 N–H and O–H groups in total. The molecule has 2 aromatic rings. The smallest absolute Gasteiger partial charge is 0.407 e. The average Bonchev–Trinajstić information content (AvgIpc) is 3.08. The van der Waals surface area contributed by atoms with Crippen LogP contribution in [0.1, 0.15) is 63.5 Å². The Morgan fingerprint density at radius 2 is 1.61 bits per heavy atom. The molecule has 0 aromatic heterocycles. The molecule has 0 saturated heterocycles. The molecule has 7 heteroatoms. The Kier molecular flexibility index (Phi) is 7.74. The third kappa shape index (κ3) is 6.12. The van der Waals surface area contributed by atoms with Crippen molar-refractivity contribution >= 4 is 18.0 Å². The van der Waals surface area contributed by atoms with Gasteiger partial charge in [-0.15, -0.1) is 0 Å². The predicted molar refractivity (Wildman–Crippen MR) is 126 cm³/mol. The summed E-state index contributed by atoms with van der Waals surface area (Å²) in [5, 5.41) is 14.6. The van der Waals surface area contributed by atoms with Crippen LogP contribution in [0.15, 0.2) is 48.5 Å². The van der Waals surface area contributed by atoms with E-state index in [-0.39, 0.29) is 18.9 Å². The molecule has 1 atom stereocenters. The van der Waals surface area contributed by atoms with Crippen LogP contribution in [0.5, 0.6) is 0 Å². The molecule has 0 spiro atoms. The Morgan fingerprint density at radius 3 is 2.15 bits per heavy atom. The van der Waals surface area contributed by atoms with Gasteiger partial charge in [-0.05, 0) is 42.5 Å². The van der Waals surface area contributed by atoms with E-state index in [1.165, 1.54) is 0 Å². The number of fused-ring (bicyclic) bond motifs is 3. The number of carboxylic acids is 1. The van der Waals surface area contributed by atoms with Crippen LogP contribution in [0.2, 0.25) is 0 Å². The number of unbranched alkanes of at least 4 members (excludes halogenated alkanes) is 1. The second-order valence-electron chi connectivity index (χ2n) is 9.11. The van der Waals surface area contributed by atoms with Gasteiger partial charge < -0.3 is 20.5 Å². The van der Waals surface area contributed by atoms with Crippen molar-refractivity contribution in [3.8, 4) is 11.1 Å². The van der Waals surface area contributed by atoms with E-state index in [0.29, 0.717) is 12.8 Å². The normalized spacial score (nSPS) is 13.5. The number of carbonyl (C=O) groups excluding carboxylic acids is 2. The van der Waals surface area contributed by atoms with Gasteiger partial charge in [0.05, 0.1) is 0 Å². The molecule has 0 aliphatic heterocycles. The Morgan fingerprint density at radius 1 is 1.03 bits per heavy atom. The fraction of sp³-hybridized carbons (Fsp3) is 0.423. The van der Waals surface area contributed by atoms with Crippen molar-refractivity contribution in [2.75, 3.05) is 6.61 Å². The zero-order valence-electron chi connectivity index (χ0n) is 19.4. The average molecular weight is 453 g/mol. The van der Waals surface area contributed by atoms with Crippen LogP contribution in [-0.4, -0.2) is 41.3 Å². The summed E-state index contributed by atoms with van der Waals surface area (Å²) >= 11 is 0. The summed E-state index contributed by atoms with van der Waals surface area (Å²) < 4.78 is 5.55. The van der Waals surface area contributed by atoms with Gasteiger partial charge in [0.1, 0.15) is 12.6 Å². The molecule has 2 amide bonds. The first kappa shape index (κ1) is 24.3. The topological polar surface area (TPSA) is 105 Å². The van der Waals surface area contributed by atoms with Gasteiger partial charge in [0, 0.05) is 17.9 Å². The fourth-order valence-corrected chi connectivity index (χ4v) is 4.27. The van der Waals surface area contributed by atoms with Crippen LogP contribution in [0.3, 0.4) is 0 Å². The second kappa shape index (κ2) is 10.5. The maximum atomic E-state index is 12.5. The van der Waals surface area contributed by atoms with E-state index in [1.54, 1.807) is 13.8 Å². The largest absolute Gasteiger partial charge is 0.480 e. The van der Waals surface area contributed by atoms with Crippen molar-refractivity contribution < 1.29 is 24.2 Å². The molecule has 1 aliphatic rings. The van der Waals surface area contributed by atoms with Crippen LogP contribution < -0.4 is 10.6 Å². The minimum absolute atomic E-state index is 0.0514. The number of alkyl carbamates (subject to hydrolysis) is 1. The maximum Gasteiger partial charge on any atom is 0.407 e. The number of carbonyl (C=O) groups is 3. The van der Waals surface area contributed by atoms with E-state index in [4.69, 9.17) is 4.74 Å². The molecule has 0 radical (unpaired) electrons. The van der Waals surface area contributed by atoms with E-state index in [1.807, 2.05) is 43.3 Å². The SMILES string of the molecule is CCCCC(NC(=O)CC(C)(C)NC(=O)OCC1c2ccccc2-c2ccccc21)C(=O)O. The van der Waals surface area contributed by atoms with E-state index < -0.39 is 29.6 Å². The standard InChI is InChI=1S/C26H32N2O5/c1-4-5-14-22(24(30)31)27-23(29)15-26(2,3)28-25(32)33-16-21-19-12-8-6-10-17(19)18-11-7-9-13-20(18)21/h6-13,21-22H,4-5,14-16H2,1-3H3,(H,27,29)(H,28,32)(H,30,31). The number of rotatable bonds is 10. The zero-order chi connectivity index (χ0) is 24.0. The third-order valence-corrected chi connectivity index (χ3v) is 5.87. The van der Waals surface area contributed by atoms with Crippen molar-refractivity contribution in [2.45, 2.75) is 64.0 Å². The number of carboxylic acid groups (broad SMARTS) is 1. The molecule has 0 bridgehead atoms. The molecule has 176 valence electrons. The molecule has 0 saturated carbocycles. The molecule has 0 fully saturated rings. The van der Waals surface area contributed by atoms with Crippen molar-refractivity contribution in [1.29, 1.82) is 0 Å². The van der Waals surface area contributed by atoms with Crippen LogP contribution >= 0.6 is 0 Å². The van der Waals surface area contributed by atoms with Crippen LogP contribution in [0.4, 0.5) is 4.79 Å². The molecule has 3 rings (SSSR count). The quantitative estimate of drug-likeness (QED) is 0.494. The summed E-state index contributed by atoms with van der Waals surface area (Å²) in [6.07, 6.45) is 1.24. The summed E-state index contributed by atoms with van der Waals surface area (Å²) in [4.78, 5) is 36.3. The number of hydrogen-bond acceptors (Lipinski definition) is 4. The number of ether oxygens (including phenoxy) is 1. The highest BCUT2D eigenvalue weighted by atomic mass is 16.5. The molecule has 7 nitrogen and oxygen atoms in total. The van der Waals surface area contributed by atoms with Crippen molar-refractivity contribution in [3.05, 3.63) is 59.7 Å². The number of benzene rings is 2. The number of aliphatic carboxylic acids is 1. The third-order valence-electron chi connectivity index (χ3n) is 5.87. The van der Waals surface area contributed by atoms with E-state index in [9.17, 15) is 19.5 Å². The highest BCUT2D eigenvalue weighted by Crippen LogP contribution is 2.44. The van der Waals surface area contributed by atoms with Gasteiger partial charge in [0.2, 0.25) is 5.91 Å². The summed E-state index contributed by atoms with van der Waals surface area (Å²) in [5.41, 5.74) is 3.64. The lowest BCUT2D eigenvalue weighted by Crippen LogP contribution is -2.49. The molecular weight excluding hydrogens is 420 g/mol. The van der Waals surface area contributed by atoms with Gasteiger partial charge in [-0.25, -0.2) is 9.59 Å². The predicted octanol–water partition coefficient (Wildman–Crippen LogP) is 4.45. The summed E-state index contributed by atoms with van der Waals surface area (Å²) in [5.74, 6) is -1.54. The minimum atomic E-state index is -1.06. The molecule has 33 heavy (non-hydrogen) atoms. The summed E-state index contributed by atoms with van der Waals surface area (Å²) in [6, 6.07) is 15.3. The van der Waals surface area contributed by atoms with E-state index >= 15 is 0 Å². The lowest BCUT2D eigenvalue weighted by Gasteiger charge is -2.26. The van der Waals surface area contributed by atoms with Crippen molar-refractivity contribution in [1.82, 2.24) is 10.6 Å². The zero-order valence-corrected chi connectivity index (χ0v) is 19.4. The Bertz CT molecular complexity index is 972. The lowest BCUT2D eigenvalue weighted by molar-refractivity contribution is -0.142. The van der Waals surface area contributed by atoms with Gasteiger partial charge >= 0.3 is 12.1 Å². The van der Waals surface area contributed by atoms with Crippen LogP contribution in [0, 0.1) is 0 Å². The Hall–Kier alpha value is -3.35. The van der Waals surface area contributed by atoms with Gasteiger partial charge in [-0.3, -0.25) is 4.79 Å². The van der Waals surface area contributed by atoms with Gasteiger partial charge in [-0.1, -0.05) is 68.3 Å². The van der Waals surface area contributed by atoms with Crippen LogP contribution in [-0.2, 0) is 14.3 Å². The molecule has 1 unspecified atom stereocenters. The minimum Gasteiger partial charge on any atom is -0.480 e. The highest BCUT2D eigenvalue weighted by molar-refractivity contribution is 5.84. The Balaban J connectivity index is 1.56. The highest BCUT2D eigenvalue weighted by Gasteiger charge is 2.31. The number of nitrogens with one attached hydrogen (secondary N) is 2. The van der Waals surface area contributed by atoms with E-state index in [2.05, 4.69) is 22.8 Å². The number of amides is 2. The van der Waals surface area contributed by atoms with Crippen molar-refractivity contribution in [2.24, 2.45) is 0 Å². The lowest BCUT2D eigenvalue weighted by atomic mass is 9.98. The molecule has 0 heterocycles. The first-order valence-electron chi connectivity index (χ1n) is 11.4. The van der Waals surface area contributed by atoms with Gasteiger partial charge in [0.15, 0.2) is 0 Å². The Labute approximate surface area is 194 Å². The molecule has 1 aliphatic carbocycles. The second-order valence-corrected chi connectivity index (χ2v) is 9.11. The first-order chi connectivity index (χ1) is 15.7. The maximum absolute atomic E-state index is 12.5. The first-order valence-corrected chi connectivity index (χ1v) is 11.4. The number of hydrogen-bond donors (Lipinski definition) is 3. The monoisotopic (exact) mass is 452 g/mol. The van der Waals surface area contributed by atoms with Gasteiger partial charge in [-0.2, -0.15) is 0 Å². The van der Waals surface area contributed by atoms with Crippen LogP contribution in [0.25, 0.3) is 11.1 Å². The van der Waals surface area contributed by atoms with Crippen molar-refractivity contribution in [3.63, 3.8) is 0 Å².